The molecule has 5 rings (SSSR count). The molecule has 0 aliphatic carbocycles. The second kappa shape index (κ2) is 10.5. The molecule has 0 spiro atoms. The van der Waals surface area contributed by atoms with Crippen molar-refractivity contribution in [2.75, 3.05) is 5.75 Å². The van der Waals surface area contributed by atoms with Crippen molar-refractivity contribution in [3.8, 4) is 0 Å². The number of amides is 1. The van der Waals surface area contributed by atoms with Crippen molar-refractivity contribution >= 4 is 39.7 Å². The zero-order valence-corrected chi connectivity index (χ0v) is 19.5. The van der Waals surface area contributed by atoms with E-state index in [-0.39, 0.29) is 5.91 Å². The van der Waals surface area contributed by atoms with Gasteiger partial charge in [-0.25, -0.2) is 4.98 Å². The summed E-state index contributed by atoms with van der Waals surface area (Å²) in [6.45, 7) is 1.28. The van der Waals surface area contributed by atoms with Gasteiger partial charge in [0, 0.05) is 30.6 Å². The summed E-state index contributed by atoms with van der Waals surface area (Å²) in [7, 11) is 0. The Bertz CT molecular complexity index is 1400. The maximum Gasteiger partial charge on any atom is 0.220 e. The quantitative estimate of drug-likeness (QED) is 0.238. The van der Waals surface area contributed by atoms with E-state index < -0.39 is 0 Å². The summed E-state index contributed by atoms with van der Waals surface area (Å²) >= 11 is 1.54. The molecular weight excluding hydrogens is 442 g/mol. The van der Waals surface area contributed by atoms with E-state index in [0.717, 1.165) is 46.3 Å². The average Bonchev–Trinajstić information content (AvgIpc) is 3.19. The first-order valence-electron chi connectivity index (χ1n) is 11.4. The fraction of sp³-hybridized carbons (Fsp3) is 0.185. The van der Waals surface area contributed by atoms with Crippen LogP contribution in [0.25, 0.3) is 22.1 Å². The largest absolute Gasteiger partial charge is 0.352 e. The van der Waals surface area contributed by atoms with Gasteiger partial charge in [-0.15, -0.1) is 10.2 Å². The number of aromatic nitrogens is 4. The van der Waals surface area contributed by atoms with E-state index in [0.29, 0.717) is 18.1 Å². The summed E-state index contributed by atoms with van der Waals surface area (Å²) in [5.41, 5.74) is 5.06. The number of hydrogen-bond acceptors (Lipinski definition) is 5. The van der Waals surface area contributed by atoms with Crippen LogP contribution in [0.3, 0.4) is 0 Å². The van der Waals surface area contributed by atoms with Crippen LogP contribution < -0.4 is 5.32 Å². The van der Waals surface area contributed by atoms with Crippen LogP contribution in [-0.4, -0.2) is 31.4 Å². The molecule has 0 unspecified atom stereocenters. The molecule has 0 saturated heterocycles. The Balaban J connectivity index is 1.25. The number of hydrogen-bond donors (Lipinski definition) is 1. The number of fused-ring (bicyclic) bond motifs is 3. The van der Waals surface area contributed by atoms with Gasteiger partial charge in [0.25, 0.3) is 0 Å². The molecule has 0 radical (unpaired) electrons. The van der Waals surface area contributed by atoms with Crippen LogP contribution >= 0.6 is 11.8 Å². The summed E-state index contributed by atoms with van der Waals surface area (Å²) < 4.78 is 2.20. The summed E-state index contributed by atoms with van der Waals surface area (Å²) in [6, 6.07) is 28.5. The minimum absolute atomic E-state index is 0.0573. The smallest absolute Gasteiger partial charge is 0.220 e. The predicted molar refractivity (Wildman–Crippen MR) is 137 cm³/mol. The SMILES string of the molecule is O=C(CCCSc1nnc2c3ccccc3n(Cc3ccccc3)c2n1)NCc1ccccc1. The van der Waals surface area contributed by atoms with Crippen LogP contribution in [0.4, 0.5) is 0 Å². The molecule has 7 heteroatoms. The molecule has 170 valence electrons. The van der Waals surface area contributed by atoms with Crippen LogP contribution in [-0.2, 0) is 17.9 Å². The highest BCUT2D eigenvalue weighted by Gasteiger charge is 2.15. The van der Waals surface area contributed by atoms with E-state index in [2.05, 4.69) is 44.3 Å². The van der Waals surface area contributed by atoms with Gasteiger partial charge in [0.15, 0.2) is 5.65 Å². The Labute approximate surface area is 202 Å². The van der Waals surface area contributed by atoms with Crippen molar-refractivity contribution in [1.82, 2.24) is 25.1 Å². The minimum atomic E-state index is 0.0573. The summed E-state index contributed by atoms with van der Waals surface area (Å²) in [4.78, 5) is 17.0. The second-order valence-corrected chi connectivity index (χ2v) is 9.13. The monoisotopic (exact) mass is 467 g/mol. The van der Waals surface area contributed by atoms with E-state index in [4.69, 9.17) is 4.98 Å². The molecule has 3 aromatic carbocycles. The number of para-hydroxylation sites is 1. The number of benzene rings is 3. The molecule has 0 atom stereocenters. The Morgan fingerprint density at radius 1 is 0.853 bits per heavy atom. The van der Waals surface area contributed by atoms with Crippen molar-refractivity contribution in [2.45, 2.75) is 31.1 Å². The molecular formula is C27H25N5OS. The molecule has 2 heterocycles. The Morgan fingerprint density at radius 3 is 2.35 bits per heavy atom. The first kappa shape index (κ1) is 22.1. The highest BCUT2D eigenvalue weighted by atomic mass is 32.2. The molecule has 0 aliphatic heterocycles. The first-order chi connectivity index (χ1) is 16.8. The van der Waals surface area contributed by atoms with Gasteiger partial charge in [0.1, 0.15) is 5.52 Å². The number of thioether (sulfide) groups is 1. The lowest BCUT2D eigenvalue weighted by Gasteiger charge is -2.07. The number of rotatable bonds is 9. The third-order valence-corrected chi connectivity index (χ3v) is 6.57. The molecule has 1 N–H and O–H groups in total. The highest BCUT2D eigenvalue weighted by molar-refractivity contribution is 7.99. The van der Waals surface area contributed by atoms with E-state index in [9.17, 15) is 4.79 Å². The van der Waals surface area contributed by atoms with Crippen molar-refractivity contribution in [3.05, 3.63) is 96.1 Å². The Kier molecular flexibility index (Phi) is 6.81. The fourth-order valence-corrected chi connectivity index (χ4v) is 4.68. The Hall–Kier alpha value is -3.71. The standard InChI is InChI=1S/C27H25N5OS/c33-24(28-18-20-10-3-1-4-11-20)16-9-17-34-27-29-26-25(30-31-27)22-14-7-8-15-23(22)32(26)19-21-12-5-2-6-13-21/h1-8,10-15H,9,16-19H2,(H,28,33). The Morgan fingerprint density at radius 2 is 1.56 bits per heavy atom. The van der Waals surface area contributed by atoms with E-state index >= 15 is 0 Å². The van der Waals surface area contributed by atoms with Gasteiger partial charge in [0.2, 0.25) is 11.1 Å². The van der Waals surface area contributed by atoms with Gasteiger partial charge < -0.3 is 9.88 Å². The second-order valence-electron chi connectivity index (χ2n) is 8.07. The summed E-state index contributed by atoms with van der Waals surface area (Å²) in [5.74, 6) is 0.812. The van der Waals surface area contributed by atoms with Gasteiger partial charge in [-0.1, -0.05) is 90.6 Å². The molecule has 6 nitrogen and oxygen atoms in total. The van der Waals surface area contributed by atoms with Gasteiger partial charge in [-0.3, -0.25) is 4.79 Å². The van der Waals surface area contributed by atoms with Crippen molar-refractivity contribution in [2.24, 2.45) is 0 Å². The zero-order valence-electron chi connectivity index (χ0n) is 18.7. The van der Waals surface area contributed by atoms with Crippen molar-refractivity contribution < 1.29 is 4.79 Å². The van der Waals surface area contributed by atoms with E-state index in [1.54, 1.807) is 0 Å². The van der Waals surface area contributed by atoms with Crippen molar-refractivity contribution in [1.29, 1.82) is 0 Å². The van der Waals surface area contributed by atoms with Crippen LogP contribution in [0.15, 0.2) is 90.1 Å². The van der Waals surface area contributed by atoms with E-state index in [1.165, 1.54) is 17.3 Å². The topological polar surface area (TPSA) is 72.7 Å². The number of nitrogens with zero attached hydrogens (tertiary/aromatic N) is 4. The van der Waals surface area contributed by atoms with Crippen molar-refractivity contribution in [3.63, 3.8) is 0 Å². The lowest BCUT2D eigenvalue weighted by Crippen LogP contribution is -2.22. The molecule has 5 aromatic rings. The van der Waals surface area contributed by atoms with Crippen LogP contribution in [0.1, 0.15) is 24.0 Å². The lowest BCUT2D eigenvalue weighted by molar-refractivity contribution is -0.121. The van der Waals surface area contributed by atoms with E-state index in [1.807, 2.05) is 60.7 Å². The maximum absolute atomic E-state index is 12.2. The van der Waals surface area contributed by atoms with Crippen LogP contribution in [0.5, 0.6) is 0 Å². The number of carbonyl (C=O) groups is 1. The van der Waals surface area contributed by atoms with Gasteiger partial charge >= 0.3 is 0 Å². The molecule has 0 bridgehead atoms. The lowest BCUT2D eigenvalue weighted by atomic mass is 10.2. The molecule has 0 aliphatic rings. The maximum atomic E-state index is 12.2. The minimum Gasteiger partial charge on any atom is -0.352 e. The third kappa shape index (κ3) is 5.10. The zero-order chi connectivity index (χ0) is 23.2. The average molecular weight is 468 g/mol. The van der Waals surface area contributed by atoms with Gasteiger partial charge in [-0.2, -0.15) is 0 Å². The van der Waals surface area contributed by atoms with Crippen LogP contribution in [0.2, 0.25) is 0 Å². The molecule has 34 heavy (non-hydrogen) atoms. The molecule has 0 fully saturated rings. The van der Waals surface area contributed by atoms with Gasteiger partial charge in [0.05, 0.1) is 5.52 Å². The fourth-order valence-electron chi connectivity index (χ4n) is 3.96. The predicted octanol–water partition coefficient (Wildman–Crippen LogP) is 5.22. The third-order valence-electron chi connectivity index (χ3n) is 5.65. The first-order valence-corrected chi connectivity index (χ1v) is 12.4. The highest BCUT2D eigenvalue weighted by Crippen LogP contribution is 2.28. The van der Waals surface area contributed by atoms with Gasteiger partial charge in [-0.05, 0) is 23.6 Å². The number of carbonyl (C=O) groups excluding carboxylic acids is 1. The normalized spacial score (nSPS) is 11.2. The summed E-state index contributed by atoms with van der Waals surface area (Å²) in [5, 5.41) is 13.5. The molecule has 0 saturated carbocycles. The van der Waals surface area contributed by atoms with Crippen LogP contribution in [0, 0.1) is 0 Å². The molecule has 1 amide bonds. The molecule has 2 aromatic heterocycles. The summed E-state index contributed by atoms with van der Waals surface area (Å²) in [6.07, 6.45) is 1.23. The number of nitrogens with one attached hydrogen (secondary N) is 1.